The third-order valence-corrected chi connectivity index (χ3v) is 3.35. The number of nitrogens with zero attached hydrogens (tertiary/aromatic N) is 4. The molecule has 0 amide bonds. The molecule has 1 aliphatic rings. The zero-order valence-electron chi connectivity index (χ0n) is 11.2. The molecule has 2 rings (SSSR count). The lowest BCUT2D eigenvalue weighted by atomic mass is 10.2. The van der Waals surface area contributed by atoms with Gasteiger partial charge in [0.1, 0.15) is 5.56 Å². The lowest BCUT2D eigenvalue weighted by Gasteiger charge is -2.23. The van der Waals surface area contributed by atoms with Crippen molar-refractivity contribution in [2.45, 2.75) is 19.3 Å². The molecule has 0 atom stereocenters. The van der Waals surface area contributed by atoms with Crippen molar-refractivity contribution < 1.29 is 5.11 Å². The topological polar surface area (TPSA) is 79.8 Å². The van der Waals surface area contributed by atoms with E-state index >= 15 is 0 Å². The van der Waals surface area contributed by atoms with E-state index in [4.69, 9.17) is 0 Å². The van der Waals surface area contributed by atoms with Gasteiger partial charge in [-0.2, -0.15) is 5.10 Å². The van der Waals surface area contributed by atoms with Crippen LogP contribution in [0.4, 0.5) is 0 Å². The Morgan fingerprint density at radius 2 is 1.74 bits per heavy atom. The normalized spacial score (nSPS) is 16.2. The van der Waals surface area contributed by atoms with Gasteiger partial charge in [0.05, 0.1) is 6.21 Å². The Morgan fingerprint density at radius 3 is 2.37 bits per heavy atom. The quantitative estimate of drug-likeness (QED) is 0.739. The molecule has 1 aromatic heterocycles. The van der Waals surface area contributed by atoms with Gasteiger partial charge in [0.15, 0.2) is 0 Å². The number of hydrogen-bond donors (Lipinski definition) is 1. The molecule has 7 nitrogen and oxygen atoms in total. The molecule has 1 N–H and O–H groups in total. The molecule has 0 saturated carbocycles. The summed E-state index contributed by atoms with van der Waals surface area (Å²) in [7, 11) is 2.79. The van der Waals surface area contributed by atoms with Crippen LogP contribution in [0.5, 0.6) is 5.88 Å². The van der Waals surface area contributed by atoms with Crippen LogP contribution in [0.2, 0.25) is 0 Å². The van der Waals surface area contributed by atoms with E-state index in [2.05, 4.69) is 5.10 Å². The van der Waals surface area contributed by atoms with Crippen molar-refractivity contribution in [3.05, 3.63) is 26.4 Å². The Balaban J connectivity index is 2.37. The zero-order valence-corrected chi connectivity index (χ0v) is 11.2. The van der Waals surface area contributed by atoms with E-state index in [1.807, 2.05) is 5.01 Å². The average molecular weight is 266 g/mol. The van der Waals surface area contributed by atoms with E-state index in [9.17, 15) is 14.7 Å². The largest absolute Gasteiger partial charge is 0.494 e. The van der Waals surface area contributed by atoms with Crippen molar-refractivity contribution in [1.29, 1.82) is 0 Å². The molecule has 0 aromatic carbocycles. The predicted molar refractivity (Wildman–Crippen MR) is 71.6 cm³/mol. The fraction of sp³-hybridized carbons (Fsp3) is 0.583. The Hall–Kier alpha value is -2.05. The van der Waals surface area contributed by atoms with Gasteiger partial charge in [0.25, 0.3) is 5.56 Å². The van der Waals surface area contributed by atoms with Crippen LogP contribution >= 0.6 is 0 Å². The monoisotopic (exact) mass is 266 g/mol. The fourth-order valence-corrected chi connectivity index (χ4v) is 2.10. The van der Waals surface area contributed by atoms with Crippen molar-refractivity contribution in [3.63, 3.8) is 0 Å². The molecular formula is C12H18N4O3. The number of aromatic nitrogens is 2. The first-order valence-electron chi connectivity index (χ1n) is 6.30. The Labute approximate surface area is 110 Å². The van der Waals surface area contributed by atoms with Crippen LogP contribution in [0.15, 0.2) is 14.7 Å². The average Bonchev–Trinajstić information content (AvgIpc) is 2.44. The van der Waals surface area contributed by atoms with E-state index < -0.39 is 11.2 Å². The summed E-state index contributed by atoms with van der Waals surface area (Å²) in [5.74, 6) is -0.353. The van der Waals surface area contributed by atoms with Crippen LogP contribution < -0.4 is 11.2 Å². The first-order chi connectivity index (χ1) is 9.02. The van der Waals surface area contributed by atoms with Gasteiger partial charge in [-0.1, -0.05) is 0 Å². The summed E-state index contributed by atoms with van der Waals surface area (Å²) in [6, 6.07) is 0. The molecule has 1 aliphatic heterocycles. The Kier molecular flexibility index (Phi) is 3.73. The molecule has 0 radical (unpaired) electrons. The van der Waals surface area contributed by atoms with Gasteiger partial charge in [-0.15, -0.1) is 0 Å². The van der Waals surface area contributed by atoms with Crippen molar-refractivity contribution in [3.8, 4) is 5.88 Å². The molecular weight excluding hydrogens is 248 g/mol. The molecule has 2 heterocycles. The van der Waals surface area contributed by atoms with Crippen LogP contribution in [0.3, 0.4) is 0 Å². The smallest absolute Gasteiger partial charge is 0.333 e. The summed E-state index contributed by atoms with van der Waals surface area (Å²) in [5.41, 5.74) is -1.06. The molecule has 7 heteroatoms. The minimum absolute atomic E-state index is 0.0372. The Morgan fingerprint density at radius 1 is 1.11 bits per heavy atom. The molecule has 0 bridgehead atoms. The van der Waals surface area contributed by atoms with Crippen LogP contribution in [0.25, 0.3) is 0 Å². The summed E-state index contributed by atoms with van der Waals surface area (Å²) in [4.78, 5) is 23.5. The van der Waals surface area contributed by atoms with Crippen molar-refractivity contribution in [2.75, 3.05) is 13.1 Å². The third-order valence-electron chi connectivity index (χ3n) is 3.35. The van der Waals surface area contributed by atoms with E-state index in [1.54, 1.807) is 0 Å². The number of aromatic hydroxyl groups is 1. The highest BCUT2D eigenvalue weighted by molar-refractivity contribution is 5.81. The SMILES string of the molecule is Cn1c(O)c(C=NN2CCCCC2)c(=O)n(C)c1=O. The number of hydrogen-bond acceptors (Lipinski definition) is 5. The van der Waals surface area contributed by atoms with E-state index in [0.717, 1.165) is 35.1 Å². The highest BCUT2D eigenvalue weighted by Gasteiger charge is 2.14. The maximum Gasteiger partial charge on any atom is 0.333 e. The lowest BCUT2D eigenvalue weighted by Crippen LogP contribution is -2.38. The summed E-state index contributed by atoms with van der Waals surface area (Å²) in [6.07, 6.45) is 4.69. The van der Waals surface area contributed by atoms with Crippen molar-refractivity contribution in [1.82, 2.24) is 14.1 Å². The number of hydrazone groups is 1. The van der Waals surface area contributed by atoms with Gasteiger partial charge in [-0.3, -0.25) is 18.9 Å². The zero-order chi connectivity index (χ0) is 14.0. The van der Waals surface area contributed by atoms with Crippen LogP contribution in [-0.4, -0.2) is 38.6 Å². The summed E-state index contributed by atoms with van der Waals surface area (Å²) < 4.78 is 1.98. The second kappa shape index (κ2) is 5.29. The van der Waals surface area contributed by atoms with Crippen LogP contribution in [0, 0.1) is 0 Å². The minimum atomic E-state index is -0.558. The Bertz CT molecular complexity index is 609. The van der Waals surface area contributed by atoms with Crippen molar-refractivity contribution >= 4 is 6.21 Å². The predicted octanol–water partition coefficient (Wildman–Crippen LogP) is -0.391. The van der Waals surface area contributed by atoms with E-state index in [-0.39, 0.29) is 11.4 Å². The maximum absolute atomic E-state index is 11.9. The van der Waals surface area contributed by atoms with E-state index in [1.165, 1.54) is 26.7 Å². The molecule has 1 saturated heterocycles. The van der Waals surface area contributed by atoms with Crippen LogP contribution in [-0.2, 0) is 14.1 Å². The second-order valence-electron chi connectivity index (χ2n) is 4.70. The van der Waals surface area contributed by atoms with Gasteiger partial charge in [-0.05, 0) is 19.3 Å². The molecule has 0 unspecified atom stereocenters. The van der Waals surface area contributed by atoms with Gasteiger partial charge >= 0.3 is 5.69 Å². The van der Waals surface area contributed by atoms with Gasteiger partial charge < -0.3 is 5.11 Å². The fourth-order valence-electron chi connectivity index (χ4n) is 2.10. The van der Waals surface area contributed by atoms with E-state index in [0.29, 0.717) is 0 Å². The first kappa shape index (κ1) is 13.4. The third kappa shape index (κ3) is 2.54. The van der Waals surface area contributed by atoms with Crippen LogP contribution in [0.1, 0.15) is 24.8 Å². The molecule has 0 aliphatic carbocycles. The molecule has 0 spiro atoms. The maximum atomic E-state index is 11.9. The molecule has 1 fully saturated rings. The number of rotatable bonds is 2. The van der Waals surface area contributed by atoms with Gasteiger partial charge in [0, 0.05) is 27.2 Å². The highest BCUT2D eigenvalue weighted by atomic mass is 16.3. The molecule has 1 aromatic rings. The summed E-state index contributed by atoms with van der Waals surface area (Å²) in [6.45, 7) is 1.70. The molecule has 19 heavy (non-hydrogen) atoms. The summed E-state index contributed by atoms with van der Waals surface area (Å²) in [5, 5.41) is 15.9. The van der Waals surface area contributed by atoms with Gasteiger partial charge in [0.2, 0.25) is 5.88 Å². The van der Waals surface area contributed by atoms with Gasteiger partial charge in [-0.25, -0.2) is 4.79 Å². The first-order valence-corrected chi connectivity index (χ1v) is 6.30. The standard InChI is InChI=1S/C12H18N4O3/c1-14-10(17)9(11(18)15(2)12(14)19)8-13-16-6-4-3-5-7-16/h8,17H,3-7H2,1-2H3. The number of piperidine rings is 1. The summed E-state index contributed by atoms with van der Waals surface area (Å²) >= 11 is 0. The minimum Gasteiger partial charge on any atom is -0.494 e. The second-order valence-corrected chi connectivity index (χ2v) is 4.70. The highest BCUT2D eigenvalue weighted by Crippen LogP contribution is 2.10. The lowest BCUT2D eigenvalue weighted by molar-refractivity contribution is 0.240. The molecule has 104 valence electrons. The van der Waals surface area contributed by atoms with Crippen molar-refractivity contribution in [2.24, 2.45) is 19.2 Å².